The van der Waals surface area contributed by atoms with Gasteiger partial charge in [0.25, 0.3) is 0 Å². The summed E-state index contributed by atoms with van der Waals surface area (Å²) in [5.41, 5.74) is 0.130. The van der Waals surface area contributed by atoms with E-state index >= 15 is 0 Å². The van der Waals surface area contributed by atoms with Gasteiger partial charge in [0.15, 0.2) is 11.6 Å². The zero-order chi connectivity index (χ0) is 30.0. The third-order valence-electron chi connectivity index (χ3n) is 9.38. The molecule has 1 N–H and O–H groups in total. The molecule has 4 aromatic rings. The van der Waals surface area contributed by atoms with Gasteiger partial charge in [0.05, 0.1) is 25.1 Å². The Morgan fingerprint density at radius 1 is 0.884 bits per heavy atom. The minimum atomic E-state index is -1.47. The Morgan fingerprint density at radius 3 is 2.28 bits per heavy atom. The lowest BCUT2D eigenvalue weighted by atomic mass is 9.47. The fourth-order valence-electron chi connectivity index (χ4n) is 7.56. The molecule has 9 nitrogen and oxygen atoms in total. The molecular weight excluding hydrogens is 546 g/mol. The Morgan fingerprint density at radius 2 is 1.58 bits per heavy atom. The highest BCUT2D eigenvalue weighted by Gasteiger charge is 2.64. The van der Waals surface area contributed by atoms with E-state index in [0.717, 1.165) is 4.57 Å². The summed E-state index contributed by atoms with van der Waals surface area (Å²) in [5, 5.41) is 11.5. The van der Waals surface area contributed by atoms with Gasteiger partial charge < -0.3 is 9.84 Å². The average molecular weight is 576 g/mol. The predicted octanol–water partition coefficient (Wildman–Crippen LogP) is 3.52. The van der Waals surface area contributed by atoms with Gasteiger partial charge in [-0.25, -0.2) is 23.5 Å². The van der Waals surface area contributed by atoms with Crippen LogP contribution >= 0.6 is 0 Å². The second-order valence-corrected chi connectivity index (χ2v) is 11.3. The van der Waals surface area contributed by atoms with Gasteiger partial charge in [-0.2, -0.15) is 0 Å². The van der Waals surface area contributed by atoms with Crippen molar-refractivity contribution in [2.24, 2.45) is 13.0 Å². The van der Waals surface area contributed by atoms with Gasteiger partial charge in [0.1, 0.15) is 11.5 Å². The van der Waals surface area contributed by atoms with Crippen LogP contribution in [-0.4, -0.2) is 37.7 Å². The van der Waals surface area contributed by atoms with Crippen molar-refractivity contribution in [3.63, 3.8) is 0 Å². The fraction of sp³-hybridized carbons (Fsp3) is 0.235. The molecule has 0 bridgehead atoms. The number of allylic oxidation sites excluding steroid dienone is 4. The summed E-state index contributed by atoms with van der Waals surface area (Å²) in [4.78, 5) is 56.2. The molecule has 4 atom stereocenters. The summed E-state index contributed by atoms with van der Waals surface area (Å²) in [6.45, 7) is 0.0932. The summed E-state index contributed by atoms with van der Waals surface area (Å²) in [6.07, 6.45) is 3.40. The number of carbonyl (C=O) groups is 2. The van der Waals surface area contributed by atoms with Crippen molar-refractivity contribution in [3.8, 4) is 11.5 Å². The van der Waals surface area contributed by atoms with E-state index in [1.807, 2.05) is 54.6 Å². The molecule has 1 fully saturated rings. The van der Waals surface area contributed by atoms with Crippen LogP contribution < -0.4 is 16.1 Å². The SMILES string of the molecule is COc1cccc(O)c1[C@H]1C2=CCn3c(=O)n(C)c(=O)n3[C@@H]2C[C@H]2C(=O)C(c3ccccc3)=CC(=O)[C@@]12c1ccccc1. The highest BCUT2D eigenvalue weighted by Crippen LogP contribution is 2.63. The van der Waals surface area contributed by atoms with Gasteiger partial charge in [-0.15, -0.1) is 0 Å². The number of phenolic OH excluding ortho intramolecular Hbond substituents is 1. The van der Waals surface area contributed by atoms with Crippen LogP contribution in [-0.2, 0) is 28.6 Å². The van der Waals surface area contributed by atoms with E-state index in [1.54, 1.807) is 24.3 Å². The molecule has 0 unspecified atom stereocenters. The average Bonchev–Trinajstić information content (AvgIpc) is 3.26. The highest BCUT2D eigenvalue weighted by atomic mass is 16.5. The summed E-state index contributed by atoms with van der Waals surface area (Å²) in [7, 11) is 2.91. The standard InChI is InChI=1S/C34H29N3O6/c1-35-32(41)36-17-16-22-25(37(36)33(35)42)19-24-31(40)23(20-10-5-3-6-11-20)18-28(39)34(24,21-12-7-4-8-13-21)30(22)29-26(38)14-9-15-27(29)43-2/h3-16,18,24-25,30,38H,17,19H2,1-2H3/t24-,25+,30+,34-/m0/s1. The van der Waals surface area contributed by atoms with Crippen molar-refractivity contribution in [2.75, 3.05) is 7.11 Å². The van der Waals surface area contributed by atoms with Crippen LogP contribution in [0.5, 0.6) is 11.5 Å². The number of Topliss-reactive ketones (excluding diaryl/α,β-unsaturated/α-hetero) is 1. The molecule has 7 rings (SSSR count). The molecule has 0 spiro atoms. The van der Waals surface area contributed by atoms with Crippen LogP contribution in [0.1, 0.15) is 35.1 Å². The number of fused-ring (bicyclic) bond motifs is 4. The number of aromatic hydroxyl groups is 1. The number of benzene rings is 3. The molecule has 0 amide bonds. The van der Waals surface area contributed by atoms with Gasteiger partial charge in [0.2, 0.25) is 0 Å². The number of carbonyl (C=O) groups excluding carboxylic acids is 2. The van der Waals surface area contributed by atoms with Gasteiger partial charge >= 0.3 is 11.4 Å². The van der Waals surface area contributed by atoms with Gasteiger partial charge in [-0.1, -0.05) is 72.8 Å². The van der Waals surface area contributed by atoms with Crippen LogP contribution in [0.2, 0.25) is 0 Å². The number of nitrogens with zero attached hydrogens (tertiary/aromatic N) is 3. The Balaban J connectivity index is 1.60. The summed E-state index contributed by atoms with van der Waals surface area (Å²) in [5.74, 6) is -2.09. The Labute approximate surface area is 246 Å². The number of hydrogen-bond donors (Lipinski definition) is 1. The Hall–Kier alpha value is -5.18. The molecular formula is C34H29N3O6. The normalized spacial score (nSPS) is 24.4. The second-order valence-electron chi connectivity index (χ2n) is 11.3. The summed E-state index contributed by atoms with van der Waals surface area (Å²) >= 11 is 0. The topological polar surface area (TPSA) is 113 Å². The fourth-order valence-corrected chi connectivity index (χ4v) is 7.56. The van der Waals surface area contributed by atoms with E-state index < -0.39 is 34.7 Å². The van der Waals surface area contributed by atoms with E-state index in [-0.39, 0.29) is 30.3 Å². The number of hydrogen-bond acceptors (Lipinski definition) is 6. The first-order valence-corrected chi connectivity index (χ1v) is 14.2. The van der Waals surface area contributed by atoms with Crippen LogP contribution in [0, 0.1) is 5.92 Å². The van der Waals surface area contributed by atoms with Crippen LogP contribution in [0.15, 0.2) is 106 Å². The first kappa shape index (κ1) is 26.7. The van der Waals surface area contributed by atoms with Crippen molar-refractivity contribution in [3.05, 3.63) is 134 Å². The van der Waals surface area contributed by atoms with Crippen molar-refractivity contribution in [2.45, 2.75) is 30.3 Å². The Kier molecular flexibility index (Phi) is 6.02. The molecule has 3 aromatic carbocycles. The lowest BCUT2D eigenvalue weighted by molar-refractivity contribution is -0.133. The molecule has 1 saturated carbocycles. The lowest BCUT2D eigenvalue weighted by Crippen LogP contribution is -2.58. The number of methoxy groups -OCH3 is 1. The number of ketones is 2. The molecule has 9 heteroatoms. The van der Waals surface area contributed by atoms with Gasteiger partial charge in [0, 0.05) is 30.0 Å². The van der Waals surface area contributed by atoms with Crippen molar-refractivity contribution in [1.29, 1.82) is 0 Å². The van der Waals surface area contributed by atoms with E-state index in [0.29, 0.717) is 33.6 Å². The molecule has 0 saturated heterocycles. The number of rotatable bonds is 4. The predicted molar refractivity (Wildman–Crippen MR) is 159 cm³/mol. The van der Waals surface area contributed by atoms with E-state index in [4.69, 9.17) is 4.74 Å². The maximum atomic E-state index is 14.9. The van der Waals surface area contributed by atoms with Gasteiger partial charge in [-0.05, 0) is 41.3 Å². The quantitative estimate of drug-likeness (QED) is 0.373. The second kappa shape index (κ2) is 9.69. The van der Waals surface area contributed by atoms with E-state index in [2.05, 4.69) is 0 Å². The van der Waals surface area contributed by atoms with Gasteiger partial charge in [-0.3, -0.25) is 9.59 Å². The highest BCUT2D eigenvalue weighted by molar-refractivity contribution is 6.31. The molecule has 0 radical (unpaired) electrons. The first-order valence-electron chi connectivity index (χ1n) is 14.2. The van der Waals surface area contributed by atoms with Crippen LogP contribution in [0.4, 0.5) is 0 Å². The lowest BCUT2D eigenvalue weighted by Gasteiger charge is -2.54. The maximum Gasteiger partial charge on any atom is 0.347 e. The zero-order valence-electron chi connectivity index (χ0n) is 23.6. The largest absolute Gasteiger partial charge is 0.508 e. The monoisotopic (exact) mass is 575 g/mol. The van der Waals surface area contributed by atoms with Crippen molar-refractivity contribution in [1.82, 2.24) is 13.9 Å². The van der Waals surface area contributed by atoms with Crippen molar-refractivity contribution < 1.29 is 19.4 Å². The molecule has 3 aliphatic rings. The molecule has 216 valence electrons. The summed E-state index contributed by atoms with van der Waals surface area (Å²) < 4.78 is 9.59. The maximum absolute atomic E-state index is 14.9. The first-order chi connectivity index (χ1) is 20.8. The number of ether oxygens (including phenoxy) is 1. The third kappa shape index (κ3) is 3.57. The third-order valence-corrected chi connectivity index (χ3v) is 9.38. The smallest absolute Gasteiger partial charge is 0.347 e. The van der Waals surface area contributed by atoms with Crippen LogP contribution in [0.3, 0.4) is 0 Å². The molecule has 2 heterocycles. The number of phenols is 1. The molecule has 1 aliphatic heterocycles. The van der Waals surface area contributed by atoms with E-state index in [1.165, 1.54) is 35.7 Å². The number of aromatic nitrogens is 3. The van der Waals surface area contributed by atoms with Crippen LogP contribution in [0.25, 0.3) is 5.57 Å². The zero-order valence-corrected chi connectivity index (χ0v) is 23.6. The minimum Gasteiger partial charge on any atom is -0.508 e. The molecule has 1 aromatic heterocycles. The van der Waals surface area contributed by atoms with Crippen molar-refractivity contribution >= 4 is 17.1 Å². The molecule has 43 heavy (non-hydrogen) atoms. The molecule has 2 aliphatic carbocycles. The Bertz CT molecular complexity index is 1980. The minimum absolute atomic E-state index is 0.0932. The van der Waals surface area contributed by atoms with E-state index in [9.17, 15) is 24.3 Å². The summed E-state index contributed by atoms with van der Waals surface area (Å²) in [6, 6.07) is 22.4.